The summed E-state index contributed by atoms with van der Waals surface area (Å²) in [6.45, 7) is 9.61. The van der Waals surface area contributed by atoms with E-state index in [4.69, 9.17) is 9.47 Å². The summed E-state index contributed by atoms with van der Waals surface area (Å²) in [7, 11) is 0. The van der Waals surface area contributed by atoms with Crippen molar-refractivity contribution in [1.29, 1.82) is 0 Å². The zero-order chi connectivity index (χ0) is 19.6. The van der Waals surface area contributed by atoms with Gasteiger partial charge >= 0.3 is 0 Å². The fourth-order valence-electron chi connectivity index (χ4n) is 3.47. The van der Waals surface area contributed by atoms with Gasteiger partial charge in [0.15, 0.2) is 5.96 Å². The number of para-hydroxylation sites is 2. The van der Waals surface area contributed by atoms with Crippen LogP contribution in [0.15, 0.2) is 29.3 Å². The summed E-state index contributed by atoms with van der Waals surface area (Å²) < 4.78 is 13.5. The van der Waals surface area contributed by atoms with E-state index in [0.29, 0.717) is 13.2 Å². The third-order valence-corrected chi connectivity index (χ3v) is 4.87. The summed E-state index contributed by atoms with van der Waals surface area (Å²) in [6.07, 6.45) is 3.51. The Morgan fingerprint density at radius 1 is 1.36 bits per heavy atom. The van der Waals surface area contributed by atoms with Gasteiger partial charge in [-0.15, -0.1) is 0 Å². The minimum Gasteiger partial charge on any atom is -0.377 e. The number of hydrogen-bond acceptors (Lipinski definition) is 4. The third kappa shape index (κ3) is 5.94. The fourth-order valence-corrected chi connectivity index (χ4v) is 3.47. The standard InChI is InChI=1S/C21H33N5O2/c1-3-22-21(24-12-15-27-16-18-8-6-14-28-18)23-11-7-13-26-17(2)25-19-9-4-5-10-20(19)26/h4-5,9-10,18H,3,6-8,11-16H2,1-2H3,(H2,22,23,24). The van der Waals surface area contributed by atoms with E-state index in [1.54, 1.807) is 0 Å². The highest BCUT2D eigenvalue weighted by Crippen LogP contribution is 2.15. The van der Waals surface area contributed by atoms with E-state index in [1.165, 1.54) is 5.52 Å². The molecule has 0 aliphatic carbocycles. The second kappa shape index (κ2) is 11.0. The van der Waals surface area contributed by atoms with Gasteiger partial charge in [-0.1, -0.05) is 12.1 Å². The number of hydrogen-bond donors (Lipinski definition) is 2. The molecular weight excluding hydrogens is 354 g/mol. The Labute approximate surface area is 167 Å². The molecule has 7 nitrogen and oxygen atoms in total. The molecule has 28 heavy (non-hydrogen) atoms. The van der Waals surface area contributed by atoms with Gasteiger partial charge in [-0.05, 0) is 45.2 Å². The molecule has 1 aromatic carbocycles. The van der Waals surface area contributed by atoms with Gasteiger partial charge in [0, 0.05) is 32.8 Å². The maximum atomic E-state index is 5.69. The topological polar surface area (TPSA) is 72.7 Å². The van der Waals surface area contributed by atoms with Crippen molar-refractivity contribution in [2.45, 2.75) is 45.8 Å². The van der Waals surface area contributed by atoms with Crippen molar-refractivity contribution < 1.29 is 9.47 Å². The second-order valence-electron chi connectivity index (χ2n) is 7.05. The molecule has 1 unspecified atom stereocenters. The van der Waals surface area contributed by atoms with Gasteiger partial charge in [0.05, 0.1) is 30.4 Å². The first-order chi connectivity index (χ1) is 13.8. The number of fused-ring (bicyclic) bond motifs is 1. The predicted molar refractivity (Wildman–Crippen MR) is 113 cm³/mol. The molecule has 0 amide bonds. The molecular formula is C21H33N5O2. The van der Waals surface area contributed by atoms with E-state index < -0.39 is 0 Å². The maximum absolute atomic E-state index is 5.69. The normalized spacial score (nSPS) is 17.4. The summed E-state index contributed by atoms with van der Waals surface area (Å²) in [5.41, 5.74) is 2.25. The summed E-state index contributed by atoms with van der Waals surface area (Å²) in [5.74, 6) is 1.90. The molecule has 1 saturated heterocycles. The molecule has 0 radical (unpaired) electrons. The highest BCUT2D eigenvalue weighted by Gasteiger charge is 2.14. The molecule has 1 fully saturated rings. The highest BCUT2D eigenvalue weighted by molar-refractivity contribution is 5.79. The Balaban J connectivity index is 1.39. The van der Waals surface area contributed by atoms with Crippen molar-refractivity contribution in [3.8, 4) is 0 Å². The van der Waals surface area contributed by atoms with Gasteiger partial charge in [-0.2, -0.15) is 0 Å². The van der Waals surface area contributed by atoms with E-state index in [1.807, 2.05) is 6.07 Å². The number of ether oxygens (including phenoxy) is 2. The fraction of sp³-hybridized carbons (Fsp3) is 0.619. The van der Waals surface area contributed by atoms with Crippen LogP contribution in [0.4, 0.5) is 0 Å². The Morgan fingerprint density at radius 2 is 2.25 bits per heavy atom. The van der Waals surface area contributed by atoms with Crippen LogP contribution in [-0.2, 0) is 16.0 Å². The van der Waals surface area contributed by atoms with Crippen molar-refractivity contribution in [3.05, 3.63) is 30.1 Å². The highest BCUT2D eigenvalue weighted by atomic mass is 16.5. The molecule has 2 N–H and O–H groups in total. The Bertz CT molecular complexity index is 752. The zero-order valence-corrected chi connectivity index (χ0v) is 17.1. The van der Waals surface area contributed by atoms with Crippen LogP contribution in [0, 0.1) is 6.92 Å². The van der Waals surface area contributed by atoms with Crippen LogP contribution >= 0.6 is 0 Å². The Hall–Kier alpha value is -2.12. The number of imidazole rings is 1. The molecule has 2 aromatic rings. The summed E-state index contributed by atoms with van der Waals surface area (Å²) >= 11 is 0. The number of guanidine groups is 1. The van der Waals surface area contributed by atoms with Crippen LogP contribution in [0.1, 0.15) is 32.0 Å². The van der Waals surface area contributed by atoms with Crippen LogP contribution in [0.5, 0.6) is 0 Å². The first-order valence-corrected chi connectivity index (χ1v) is 10.4. The number of benzene rings is 1. The lowest BCUT2D eigenvalue weighted by molar-refractivity contribution is 0.0191. The molecule has 1 atom stereocenters. The predicted octanol–water partition coefficient (Wildman–Crippen LogP) is 2.49. The Kier molecular flexibility index (Phi) is 8.11. The number of aromatic nitrogens is 2. The van der Waals surface area contributed by atoms with Crippen LogP contribution in [-0.4, -0.2) is 61.1 Å². The van der Waals surface area contributed by atoms with Crippen molar-refractivity contribution >= 4 is 17.0 Å². The molecule has 0 bridgehead atoms. The average Bonchev–Trinajstić information content (AvgIpc) is 3.32. The van der Waals surface area contributed by atoms with E-state index in [-0.39, 0.29) is 6.10 Å². The van der Waals surface area contributed by atoms with Gasteiger partial charge in [0.25, 0.3) is 0 Å². The molecule has 7 heteroatoms. The first-order valence-electron chi connectivity index (χ1n) is 10.4. The van der Waals surface area contributed by atoms with E-state index in [9.17, 15) is 0 Å². The SMILES string of the molecule is CCNC(=NCCCn1c(C)nc2ccccc21)NCCOCC1CCCO1. The van der Waals surface area contributed by atoms with Gasteiger partial charge in [-0.25, -0.2) is 4.98 Å². The van der Waals surface area contributed by atoms with Crippen molar-refractivity contribution in [2.75, 3.05) is 39.5 Å². The molecule has 1 aliphatic rings. The van der Waals surface area contributed by atoms with Gasteiger partial charge in [0.1, 0.15) is 5.82 Å². The van der Waals surface area contributed by atoms with E-state index >= 15 is 0 Å². The van der Waals surface area contributed by atoms with Crippen LogP contribution in [0.2, 0.25) is 0 Å². The number of aryl methyl sites for hydroxylation is 2. The lowest BCUT2D eigenvalue weighted by Crippen LogP contribution is -2.39. The Morgan fingerprint density at radius 3 is 3.07 bits per heavy atom. The molecule has 2 heterocycles. The molecule has 1 aliphatic heterocycles. The molecule has 154 valence electrons. The third-order valence-electron chi connectivity index (χ3n) is 4.87. The number of rotatable bonds is 10. The summed E-state index contributed by atoms with van der Waals surface area (Å²) in [4.78, 5) is 9.30. The van der Waals surface area contributed by atoms with Crippen molar-refractivity contribution in [3.63, 3.8) is 0 Å². The first kappa shape index (κ1) is 20.6. The van der Waals surface area contributed by atoms with Crippen LogP contribution in [0.25, 0.3) is 11.0 Å². The lowest BCUT2D eigenvalue weighted by atomic mass is 10.2. The zero-order valence-electron chi connectivity index (χ0n) is 17.1. The van der Waals surface area contributed by atoms with Gasteiger partial charge in [0.2, 0.25) is 0 Å². The summed E-state index contributed by atoms with van der Waals surface area (Å²) in [5, 5.41) is 6.62. The monoisotopic (exact) mass is 387 g/mol. The second-order valence-corrected chi connectivity index (χ2v) is 7.05. The quantitative estimate of drug-likeness (QED) is 0.372. The molecule has 3 rings (SSSR count). The smallest absolute Gasteiger partial charge is 0.191 e. The minimum atomic E-state index is 0.282. The number of aliphatic imine (C=N–C) groups is 1. The van der Waals surface area contributed by atoms with Crippen molar-refractivity contribution in [2.24, 2.45) is 4.99 Å². The summed E-state index contributed by atoms with van der Waals surface area (Å²) in [6, 6.07) is 8.28. The molecule has 1 aromatic heterocycles. The maximum Gasteiger partial charge on any atom is 0.191 e. The van der Waals surface area contributed by atoms with Crippen LogP contribution < -0.4 is 10.6 Å². The number of nitrogens with one attached hydrogen (secondary N) is 2. The lowest BCUT2D eigenvalue weighted by Gasteiger charge is -2.13. The van der Waals surface area contributed by atoms with Crippen LogP contribution in [0.3, 0.4) is 0 Å². The van der Waals surface area contributed by atoms with E-state index in [0.717, 1.165) is 69.3 Å². The minimum absolute atomic E-state index is 0.282. The largest absolute Gasteiger partial charge is 0.377 e. The van der Waals surface area contributed by atoms with Crippen molar-refractivity contribution in [1.82, 2.24) is 20.2 Å². The van der Waals surface area contributed by atoms with Gasteiger partial charge in [-0.3, -0.25) is 4.99 Å². The van der Waals surface area contributed by atoms with Gasteiger partial charge < -0.3 is 24.7 Å². The molecule has 0 spiro atoms. The average molecular weight is 388 g/mol. The van der Waals surface area contributed by atoms with E-state index in [2.05, 4.69) is 57.2 Å². The number of nitrogens with zero attached hydrogens (tertiary/aromatic N) is 3. The molecule has 0 saturated carbocycles.